The third kappa shape index (κ3) is 5.14. The van der Waals surface area contributed by atoms with E-state index in [1.807, 2.05) is 6.26 Å². The molecule has 0 radical (unpaired) electrons. The minimum absolute atomic E-state index is 0.0664. The summed E-state index contributed by atoms with van der Waals surface area (Å²) in [6, 6.07) is 8.25. The van der Waals surface area contributed by atoms with Gasteiger partial charge in [-0.2, -0.15) is 0 Å². The van der Waals surface area contributed by atoms with E-state index in [-0.39, 0.29) is 23.9 Å². The summed E-state index contributed by atoms with van der Waals surface area (Å²) in [5.74, 6) is -0.732. The number of rotatable bonds is 6. The maximum atomic E-state index is 12.6. The zero-order valence-corrected chi connectivity index (χ0v) is 18.3. The fourth-order valence-corrected chi connectivity index (χ4v) is 4.42. The van der Waals surface area contributed by atoms with E-state index in [4.69, 9.17) is 23.2 Å². The van der Waals surface area contributed by atoms with Crippen LogP contribution in [0, 0.1) is 0 Å². The summed E-state index contributed by atoms with van der Waals surface area (Å²) in [6.45, 7) is 0.200. The Hall–Kier alpha value is -2.00. The van der Waals surface area contributed by atoms with Gasteiger partial charge in [0, 0.05) is 29.3 Å². The Kier molecular flexibility index (Phi) is 7.23. The molecule has 0 atom stereocenters. The van der Waals surface area contributed by atoms with Crippen LogP contribution in [0.5, 0.6) is 0 Å². The topological polar surface area (TPSA) is 79.4 Å². The van der Waals surface area contributed by atoms with Crippen LogP contribution in [-0.2, 0) is 4.79 Å². The van der Waals surface area contributed by atoms with E-state index in [9.17, 15) is 14.4 Å². The number of thioether (sulfide) groups is 2. The highest BCUT2D eigenvalue weighted by molar-refractivity contribution is 8.18. The van der Waals surface area contributed by atoms with Gasteiger partial charge in [0.05, 0.1) is 10.5 Å². The summed E-state index contributed by atoms with van der Waals surface area (Å²) in [6.07, 6.45) is 5.00. The molecule has 1 aliphatic rings. The predicted octanol–water partition coefficient (Wildman–Crippen LogP) is 4.58. The molecule has 29 heavy (non-hydrogen) atoms. The molecule has 2 heterocycles. The molecule has 0 unspecified atom stereocenters. The predicted molar refractivity (Wildman–Crippen MR) is 117 cm³/mol. The first-order valence-electron chi connectivity index (χ1n) is 8.38. The van der Waals surface area contributed by atoms with Gasteiger partial charge >= 0.3 is 0 Å². The molecule has 10 heteroatoms. The highest BCUT2D eigenvalue weighted by Gasteiger charge is 2.34. The number of carbonyl (C=O) groups is 3. The Morgan fingerprint density at radius 1 is 1.31 bits per heavy atom. The average Bonchev–Trinajstić information content (AvgIpc) is 2.97. The molecule has 0 spiro atoms. The number of benzene rings is 1. The Labute approximate surface area is 186 Å². The Balaban J connectivity index is 1.63. The molecular weight excluding hydrogens is 453 g/mol. The Morgan fingerprint density at radius 3 is 2.83 bits per heavy atom. The SMILES string of the molecule is CSc1ncccc1C(=O)NCCN1C(=O)S/C(=C\c2ccc(Cl)cc2Cl)C1=O. The van der Waals surface area contributed by atoms with Crippen LogP contribution in [-0.4, -0.2) is 46.3 Å². The molecule has 0 bridgehead atoms. The lowest BCUT2D eigenvalue weighted by molar-refractivity contribution is -0.122. The number of nitrogens with zero attached hydrogens (tertiary/aromatic N) is 2. The standard InChI is InChI=1S/C19H15Cl2N3O3S2/c1-28-17-13(3-2-6-23-17)16(25)22-7-8-24-18(26)15(29-19(24)27)9-11-4-5-12(20)10-14(11)21/h2-6,9-10H,7-8H2,1H3,(H,22,25)/b15-9-. The molecule has 1 N–H and O–H groups in total. The lowest BCUT2D eigenvalue weighted by Crippen LogP contribution is -2.37. The van der Waals surface area contributed by atoms with Crippen LogP contribution in [0.4, 0.5) is 4.79 Å². The Morgan fingerprint density at radius 2 is 2.10 bits per heavy atom. The van der Waals surface area contributed by atoms with Crippen LogP contribution in [0.25, 0.3) is 6.08 Å². The molecule has 1 fully saturated rings. The summed E-state index contributed by atoms with van der Waals surface area (Å²) in [5, 5.41) is 3.80. The van der Waals surface area contributed by atoms with Gasteiger partial charge < -0.3 is 5.32 Å². The first-order chi connectivity index (χ1) is 13.9. The summed E-state index contributed by atoms with van der Waals surface area (Å²) in [5.41, 5.74) is 1.04. The summed E-state index contributed by atoms with van der Waals surface area (Å²) in [4.78, 5) is 42.6. The van der Waals surface area contributed by atoms with Crippen molar-refractivity contribution in [1.82, 2.24) is 15.2 Å². The number of nitrogens with one attached hydrogen (secondary N) is 1. The van der Waals surface area contributed by atoms with E-state index in [1.165, 1.54) is 11.8 Å². The van der Waals surface area contributed by atoms with Crippen LogP contribution in [0.1, 0.15) is 15.9 Å². The maximum absolute atomic E-state index is 12.6. The molecule has 2 aromatic rings. The lowest BCUT2D eigenvalue weighted by Gasteiger charge is -2.13. The molecule has 150 valence electrons. The molecule has 0 aliphatic carbocycles. The lowest BCUT2D eigenvalue weighted by atomic mass is 10.2. The Bertz CT molecular complexity index is 1010. The fraction of sp³-hybridized carbons (Fsp3) is 0.158. The molecule has 3 amide bonds. The van der Waals surface area contributed by atoms with Crippen LogP contribution in [0.2, 0.25) is 10.0 Å². The largest absolute Gasteiger partial charge is 0.350 e. The molecule has 0 saturated carbocycles. The molecule has 6 nitrogen and oxygen atoms in total. The first-order valence-corrected chi connectivity index (χ1v) is 11.2. The van der Waals surface area contributed by atoms with Gasteiger partial charge in [0.2, 0.25) is 0 Å². The van der Waals surface area contributed by atoms with Gasteiger partial charge in [0.25, 0.3) is 17.1 Å². The zero-order chi connectivity index (χ0) is 21.0. The van der Waals surface area contributed by atoms with Gasteiger partial charge in [-0.15, -0.1) is 11.8 Å². The molecule has 1 aromatic carbocycles. The second-order valence-corrected chi connectivity index (χ2v) is 8.45. The van der Waals surface area contributed by atoms with Gasteiger partial charge in [-0.1, -0.05) is 29.3 Å². The number of imide groups is 1. The monoisotopic (exact) mass is 467 g/mol. The van der Waals surface area contributed by atoms with Crippen molar-refractivity contribution in [3.05, 3.63) is 62.6 Å². The smallest absolute Gasteiger partial charge is 0.293 e. The van der Waals surface area contributed by atoms with Crippen LogP contribution in [0.3, 0.4) is 0 Å². The van der Waals surface area contributed by atoms with Gasteiger partial charge in [-0.05, 0) is 53.9 Å². The third-order valence-electron chi connectivity index (χ3n) is 3.95. The van der Waals surface area contributed by atoms with Crippen LogP contribution in [0.15, 0.2) is 46.5 Å². The molecule has 1 aromatic heterocycles. The highest BCUT2D eigenvalue weighted by atomic mass is 35.5. The summed E-state index contributed by atoms with van der Waals surface area (Å²) in [7, 11) is 0. The highest BCUT2D eigenvalue weighted by Crippen LogP contribution is 2.33. The number of aromatic nitrogens is 1. The summed E-state index contributed by atoms with van der Waals surface area (Å²) < 4.78 is 0. The van der Waals surface area contributed by atoms with Crippen LogP contribution >= 0.6 is 46.7 Å². The van der Waals surface area contributed by atoms with Gasteiger partial charge in [0.15, 0.2) is 0 Å². The van der Waals surface area contributed by atoms with E-state index in [0.717, 1.165) is 16.7 Å². The van der Waals surface area contributed by atoms with Crippen LogP contribution < -0.4 is 5.32 Å². The minimum Gasteiger partial charge on any atom is -0.350 e. The quantitative estimate of drug-likeness (QED) is 0.494. The third-order valence-corrected chi connectivity index (χ3v) is 6.13. The number of pyridine rings is 1. The molecule has 1 saturated heterocycles. The van der Waals surface area contributed by atoms with E-state index < -0.39 is 11.1 Å². The van der Waals surface area contributed by atoms with E-state index >= 15 is 0 Å². The molecule has 1 aliphatic heterocycles. The second-order valence-electron chi connectivity index (χ2n) is 5.82. The van der Waals surface area contributed by atoms with Crippen molar-refractivity contribution >= 4 is 69.9 Å². The van der Waals surface area contributed by atoms with Crippen molar-refractivity contribution in [2.45, 2.75) is 5.03 Å². The van der Waals surface area contributed by atoms with Crippen molar-refractivity contribution in [1.29, 1.82) is 0 Å². The van der Waals surface area contributed by atoms with E-state index in [1.54, 1.807) is 42.6 Å². The first kappa shape index (κ1) is 21.7. The second kappa shape index (κ2) is 9.67. The maximum Gasteiger partial charge on any atom is 0.293 e. The van der Waals surface area contributed by atoms with E-state index in [0.29, 0.717) is 26.2 Å². The zero-order valence-electron chi connectivity index (χ0n) is 15.1. The van der Waals surface area contributed by atoms with Crippen molar-refractivity contribution in [2.75, 3.05) is 19.3 Å². The number of hydrogen-bond donors (Lipinski definition) is 1. The van der Waals surface area contributed by atoms with Crippen molar-refractivity contribution in [3.8, 4) is 0 Å². The van der Waals surface area contributed by atoms with Crippen molar-refractivity contribution in [3.63, 3.8) is 0 Å². The van der Waals surface area contributed by atoms with E-state index in [2.05, 4.69) is 10.3 Å². The number of hydrogen-bond acceptors (Lipinski definition) is 6. The summed E-state index contributed by atoms with van der Waals surface area (Å²) >= 11 is 14.2. The number of carbonyl (C=O) groups excluding carboxylic acids is 3. The van der Waals surface area contributed by atoms with Crippen molar-refractivity contribution in [2.24, 2.45) is 0 Å². The molecule has 3 rings (SSSR count). The fourth-order valence-electron chi connectivity index (χ4n) is 2.56. The average molecular weight is 468 g/mol. The minimum atomic E-state index is -0.425. The van der Waals surface area contributed by atoms with Crippen molar-refractivity contribution < 1.29 is 14.4 Å². The van der Waals surface area contributed by atoms with Gasteiger partial charge in [-0.25, -0.2) is 4.98 Å². The van der Waals surface area contributed by atoms with Gasteiger partial charge in [-0.3, -0.25) is 19.3 Å². The number of halogens is 2. The molecular formula is C19H15Cl2N3O3S2. The normalized spacial score (nSPS) is 15.3. The number of amides is 3. The van der Waals surface area contributed by atoms with Gasteiger partial charge in [0.1, 0.15) is 5.03 Å².